The third-order valence-electron chi connectivity index (χ3n) is 5.79. The number of carbonyl (C=O) groups is 1. The number of nitrogens with zero attached hydrogens (tertiary/aromatic N) is 6. The first-order valence-corrected chi connectivity index (χ1v) is 11.4. The van der Waals surface area contributed by atoms with E-state index < -0.39 is 0 Å². The molecule has 11 heteroatoms. The highest BCUT2D eigenvalue weighted by atomic mass is 16.5. The second kappa shape index (κ2) is 9.62. The van der Waals surface area contributed by atoms with Crippen LogP contribution in [-0.2, 0) is 20.1 Å². The Kier molecular flexibility index (Phi) is 6.21. The van der Waals surface area contributed by atoms with Gasteiger partial charge in [0.1, 0.15) is 17.7 Å². The number of anilines is 4. The van der Waals surface area contributed by atoms with E-state index in [-0.39, 0.29) is 5.91 Å². The second-order valence-corrected chi connectivity index (χ2v) is 8.62. The number of methoxy groups -OCH3 is 1. The first-order valence-electron chi connectivity index (χ1n) is 11.4. The van der Waals surface area contributed by atoms with E-state index >= 15 is 0 Å². The standard InChI is InChI=1S/C25H27N9O2/c1-26-24(35)19-11-27-25-29-17-7-5-6-15(8-17)12-33(2)13-16-9-18(22-28-14-34(3)32-22)21(36-4)20(10-16)30-23(19)31-25/h5-11,14H,12-13H2,1-4H3,(H,26,35)(H2,27,29,30,31). The molecule has 2 aromatic carbocycles. The number of rotatable bonds is 3. The summed E-state index contributed by atoms with van der Waals surface area (Å²) in [5.41, 5.74) is 4.68. The molecule has 184 valence electrons. The van der Waals surface area contributed by atoms with Crippen molar-refractivity contribution in [3.63, 3.8) is 0 Å². The first kappa shape index (κ1) is 23.2. The molecule has 0 fully saturated rings. The van der Waals surface area contributed by atoms with E-state index in [1.54, 1.807) is 25.2 Å². The zero-order valence-corrected chi connectivity index (χ0v) is 20.5. The average molecular weight is 486 g/mol. The minimum Gasteiger partial charge on any atom is -0.494 e. The van der Waals surface area contributed by atoms with Gasteiger partial charge in [0.15, 0.2) is 11.6 Å². The Bertz CT molecular complexity index is 1430. The molecule has 11 nitrogen and oxygen atoms in total. The van der Waals surface area contributed by atoms with E-state index in [4.69, 9.17) is 4.74 Å². The number of aromatic nitrogens is 5. The van der Waals surface area contributed by atoms with Crippen molar-refractivity contribution >= 4 is 29.0 Å². The van der Waals surface area contributed by atoms with Crippen molar-refractivity contribution in [1.82, 2.24) is 34.9 Å². The predicted octanol–water partition coefficient (Wildman–Crippen LogP) is 3.07. The van der Waals surface area contributed by atoms with Crippen LogP contribution >= 0.6 is 0 Å². The Hall–Kier alpha value is -4.51. The summed E-state index contributed by atoms with van der Waals surface area (Å²) in [6, 6.07) is 12.1. The molecule has 6 bridgehead atoms. The molecule has 36 heavy (non-hydrogen) atoms. The lowest BCUT2D eigenvalue weighted by atomic mass is 10.1. The van der Waals surface area contributed by atoms with Gasteiger partial charge in [-0.1, -0.05) is 12.1 Å². The molecule has 3 N–H and O–H groups in total. The molecule has 0 spiro atoms. The maximum Gasteiger partial charge on any atom is 0.256 e. The number of nitrogens with one attached hydrogen (secondary N) is 3. The minimum atomic E-state index is -0.311. The molecule has 0 saturated heterocycles. The van der Waals surface area contributed by atoms with E-state index in [1.165, 1.54) is 6.20 Å². The topological polar surface area (TPSA) is 122 Å². The normalized spacial score (nSPS) is 13.2. The SMILES string of the molecule is CNC(=O)c1cnc2nc1Nc1cc(cc(-c3ncn(C)n3)c1OC)CN(C)Cc1cccc(c1)N2. The molecule has 4 aromatic rings. The molecule has 1 amide bonds. The fourth-order valence-electron chi connectivity index (χ4n) is 4.24. The Morgan fingerprint density at radius 3 is 2.67 bits per heavy atom. The monoisotopic (exact) mass is 485 g/mol. The number of hydrogen-bond acceptors (Lipinski definition) is 9. The van der Waals surface area contributed by atoms with Gasteiger partial charge >= 0.3 is 0 Å². The summed E-state index contributed by atoms with van der Waals surface area (Å²) < 4.78 is 7.47. The molecule has 1 aliphatic heterocycles. The van der Waals surface area contributed by atoms with Gasteiger partial charge in [0.2, 0.25) is 5.95 Å². The number of benzene rings is 2. The van der Waals surface area contributed by atoms with Crippen molar-refractivity contribution in [2.24, 2.45) is 7.05 Å². The van der Waals surface area contributed by atoms with Crippen LogP contribution in [0.3, 0.4) is 0 Å². The summed E-state index contributed by atoms with van der Waals surface area (Å²) in [6.45, 7) is 1.40. The van der Waals surface area contributed by atoms with Gasteiger partial charge in [-0.15, -0.1) is 0 Å². The Morgan fingerprint density at radius 1 is 1.08 bits per heavy atom. The van der Waals surface area contributed by atoms with Crippen molar-refractivity contribution < 1.29 is 9.53 Å². The van der Waals surface area contributed by atoms with Crippen molar-refractivity contribution in [3.8, 4) is 17.1 Å². The highest BCUT2D eigenvalue weighted by Gasteiger charge is 2.21. The first-order chi connectivity index (χ1) is 17.4. The predicted molar refractivity (Wildman–Crippen MR) is 137 cm³/mol. The Balaban J connectivity index is 1.71. The second-order valence-electron chi connectivity index (χ2n) is 8.62. The molecule has 2 aromatic heterocycles. The van der Waals surface area contributed by atoms with Crippen molar-refractivity contribution in [2.75, 3.05) is 31.8 Å². The molecule has 0 radical (unpaired) electrons. The molecule has 3 heterocycles. The van der Waals surface area contributed by atoms with E-state index in [0.717, 1.165) is 28.9 Å². The quantitative estimate of drug-likeness (QED) is 0.402. The fourth-order valence-corrected chi connectivity index (χ4v) is 4.24. The van der Waals surface area contributed by atoms with Gasteiger partial charge in [-0.05, 0) is 42.4 Å². The summed E-state index contributed by atoms with van der Waals surface area (Å²) in [7, 11) is 7.04. The van der Waals surface area contributed by atoms with Crippen LogP contribution in [-0.4, -0.2) is 56.7 Å². The van der Waals surface area contributed by atoms with Gasteiger partial charge in [0.25, 0.3) is 5.91 Å². The molecule has 0 aliphatic carbocycles. The molecule has 0 atom stereocenters. The average Bonchev–Trinajstić information content (AvgIpc) is 3.29. The lowest BCUT2D eigenvalue weighted by molar-refractivity contribution is 0.0963. The molecular formula is C25H27N9O2. The van der Waals surface area contributed by atoms with Crippen molar-refractivity contribution in [2.45, 2.75) is 13.1 Å². The molecular weight excluding hydrogens is 458 g/mol. The van der Waals surface area contributed by atoms with Gasteiger partial charge in [-0.25, -0.2) is 9.97 Å². The highest BCUT2D eigenvalue weighted by molar-refractivity contribution is 5.99. The van der Waals surface area contributed by atoms with Gasteiger partial charge in [0.05, 0.1) is 18.4 Å². The van der Waals surface area contributed by atoms with Crippen LogP contribution in [0.5, 0.6) is 5.75 Å². The highest BCUT2D eigenvalue weighted by Crippen LogP contribution is 2.39. The van der Waals surface area contributed by atoms with E-state index in [2.05, 4.69) is 60.1 Å². The van der Waals surface area contributed by atoms with E-state index in [0.29, 0.717) is 41.1 Å². The smallest absolute Gasteiger partial charge is 0.256 e. The van der Waals surface area contributed by atoms with Crippen LogP contribution < -0.4 is 20.7 Å². The van der Waals surface area contributed by atoms with Gasteiger partial charge < -0.3 is 20.7 Å². The van der Waals surface area contributed by atoms with Gasteiger partial charge in [0, 0.05) is 39.1 Å². The summed E-state index contributed by atoms with van der Waals surface area (Å²) >= 11 is 0. The minimum absolute atomic E-state index is 0.297. The number of aryl methyl sites for hydroxylation is 1. The van der Waals surface area contributed by atoms with Crippen molar-refractivity contribution in [3.05, 3.63) is 65.6 Å². The van der Waals surface area contributed by atoms with Gasteiger partial charge in [-0.2, -0.15) is 10.1 Å². The third kappa shape index (κ3) is 4.68. The van der Waals surface area contributed by atoms with Crippen LogP contribution in [0.25, 0.3) is 11.4 Å². The van der Waals surface area contributed by atoms with Crippen molar-refractivity contribution in [1.29, 1.82) is 0 Å². The van der Waals surface area contributed by atoms with Crippen LogP contribution in [0.2, 0.25) is 0 Å². The number of fused-ring (bicyclic) bond motifs is 6. The third-order valence-corrected chi connectivity index (χ3v) is 5.79. The molecule has 0 saturated carbocycles. The largest absolute Gasteiger partial charge is 0.494 e. The number of hydrogen-bond donors (Lipinski definition) is 3. The van der Waals surface area contributed by atoms with E-state index in [9.17, 15) is 4.79 Å². The summed E-state index contributed by atoms with van der Waals surface area (Å²) in [5.74, 6) is 1.46. The number of amides is 1. The van der Waals surface area contributed by atoms with Crippen LogP contribution in [0, 0.1) is 0 Å². The summed E-state index contributed by atoms with van der Waals surface area (Å²) in [6.07, 6.45) is 3.14. The number of ether oxygens (including phenoxy) is 1. The maximum atomic E-state index is 12.6. The lowest BCUT2D eigenvalue weighted by Gasteiger charge is -2.21. The lowest BCUT2D eigenvalue weighted by Crippen LogP contribution is -2.21. The molecule has 1 aliphatic rings. The molecule has 0 unspecified atom stereocenters. The Labute approximate surface area is 208 Å². The van der Waals surface area contributed by atoms with E-state index in [1.807, 2.05) is 31.3 Å². The summed E-state index contributed by atoms with van der Waals surface area (Å²) in [5, 5.41) is 13.7. The number of carbonyl (C=O) groups excluding carboxylic acids is 1. The fraction of sp³-hybridized carbons (Fsp3) is 0.240. The summed E-state index contributed by atoms with van der Waals surface area (Å²) in [4.78, 5) is 28.3. The zero-order chi connectivity index (χ0) is 25.2. The van der Waals surface area contributed by atoms with Crippen LogP contribution in [0.1, 0.15) is 21.5 Å². The van der Waals surface area contributed by atoms with Crippen LogP contribution in [0.4, 0.5) is 23.1 Å². The zero-order valence-electron chi connectivity index (χ0n) is 20.5. The molecule has 5 rings (SSSR count). The van der Waals surface area contributed by atoms with Gasteiger partial charge in [-0.3, -0.25) is 14.4 Å². The van der Waals surface area contributed by atoms with Crippen LogP contribution in [0.15, 0.2) is 48.9 Å². The maximum absolute atomic E-state index is 12.6. The Morgan fingerprint density at radius 2 is 1.92 bits per heavy atom.